The zero-order valence-corrected chi connectivity index (χ0v) is 15.5. The summed E-state index contributed by atoms with van der Waals surface area (Å²) in [6.07, 6.45) is 3.87. The second-order valence-electron chi connectivity index (χ2n) is 7.07. The first-order valence-corrected chi connectivity index (χ1v) is 9.27. The van der Waals surface area contributed by atoms with Crippen molar-refractivity contribution >= 4 is 11.6 Å². The highest BCUT2D eigenvalue weighted by atomic mass is 16.1. The third kappa shape index (κ3) is 5.12. The maximum Gasteiger partial charge on any atom is 0.193 e. The molecule has 1 unspecified atom stereocenters. The molecule has 0 bridgehead atoms. The molecule has 0 N–H and O–H groups in total. The molecule has 2 heteroatoms. The first kappa shape index (κ1) is 19.1. The van der Waals surface area contributed by atoms with Gasteiger partial charge in [0.1, 0.15) is 0 Å². The lowest BCUT2D eigenvalue weighted by Crippen LogP contribution is -2.20. The molecule has 0 aliphatic carbocycles. The molecule has 0 aliphatic rings. The van der Waals surface area contributed by atoms with Gasteiger partial charge in [-0.3, -0.25) is 9.59 Å². The Hall–Kier alpha value is -2.22. The van der Waals surface area contributed by atoms with Crippen LogP contribution in [0.5, 0.6) is 0 Å². The summed E-state index contributed by atoms with van der Waals surface area (Å²) < 4.78 is 0. The van der Waals surface area contributed by atoms with E-state index in [0.717, 1.165) is 25.7 Å². The van der Waals surface area contributed by atoms with Gasteiger partial charge in [0.2, 0.25) is 0 Å². The van der Waals surface area contributed by atoms with Gasteiger partial charge in [0, 0.05) is 22.6 Å². The molecule has 0 amide bonds. The van der Waals surface area contributed by atoms with Crippen LogP contribution in [0.2, 0.25) is 0 Å². The topological polar surface area (TPSA) is 34.1 Å². The molecule has 0 heterocycles. The summed E-state index contributed by atoms with van der Waals surface area (Å²) in [7, 11) is 0. The number of rotatable bonds is 9. The van der Waals surface area contributed by atoms with E-state index in [1.165, 1.54) is 0 Å². The first-order chi connectivity index (χ1) is 12.0. The fourth-order valence-corrected chi connectivity index (χ4v) is 3.24. The van der Waals surface area contributed by atoms with Crippen LogP contribution in [0.3, 0.4) is 0 Å². The molecule has 0 aromatic heterocycles. The molecule has 2 aromatic carbocycles. The van der Waals surface area contributed by atoms with Gasteiger partial charge in [-0.15, -0.1) is 0 Å². The van der Waals surface area contributed by atoms with Gasteiger partial charge < -0.3 is 0 Å². The molecule has 1 atom stereocenters. The van der Waals surface area contributed by atoms with E-state index in [1.807, 2.05) is 30.3 Å². The predicted octanol–water partition coefficient (Wildman–Crippen LogP) is 5.95. The average molecular weight is 336 g/mol. The van der Waals surface area contributed by atoms with Gasteiger partial charge in [0.25, 0.3) is 0 Å². The van der Waals surface area contributed by atoms with Gasteiger partial charge in [-0.2, -0.15) is 0 Å². The Morgan fingerprint density at radius 3 is 2.08 bits per heavy atom. The molecule has 0 fully saturated rings. The molecule has 2 rings (SSSR count). The highest BCUT2D eigenvalue weighted by molar-refractivity contribution is 6.16. The third-order valence-corrected chi connectivity index (χ3v) is 4.51. The highest BCUT2D eigenvalue weighted by Crippen LogP contribution is 2.25. The number of benzene rings is 2. The number of ketones is 2. The summed E-state index contributed by atoms with van der Waals surface area (Å²) in [5.41, 5.74) is 1.71. The van der Waals surface area contributed by atoms with E-state index in [0.29, 0.717) is 22.6 Å². The summed E-state index contributed by atoms with van der Waals surface area (Å²) in [5.74, 6) is 0.484. The van der Waals surface area contributed by atoms with E-state index < -0.39 is 0 Å². The number of unbranched alkanes of at least 4 members (excludes halogenated alkanes) is 1. The van der Waals surface area contributed by atoms with Crippen molar-refractivity contribution in [3.05, 3.63) is 71.3 Å². The minimum absolute atomic E-state index is 0.00956. The largest absolute Gasteiger partial charge is 0.294 e. The molecule has 0 saturated carbocycles. The Labute approximate surface area is 151 Å². The van der Waals surface area contributed by atoms with Crippen molar-refractivity contribution in [1.29, 1.82) is 0 Å². The first-order valence-electron chi connectivity index (χ1n) is 9.27. The maximum absolute atomic E-state index is 13.2. The number of carbonyl (C=O) groups excluding carboxylic acids is 2. The molecule has 25 heavy (non-hydrogen) atoms. The average Bonchev–Trinajstić information content (AvgIpc) is 2.64. The summed E-state index contributed by atoms with van der Waals surface area (Å²) in [4.78, 5) is 26.1. The quantitative estimate of drug-likeness (QED) is 0.530. The standard InChI is InChI=1S/C23H28O2/c1-4-5-11-19(16-17(2)3)23(25)21-15-10-9-14-20(21)22(24)18-12-7-6-8-13-18/h6-10,12-15,17,19H,4-5,11,16H2,1-3H3. The van der Waals surface area contributed by atoms with Crippen LogP contribution < -0.4 is 0 Å². The van der Waals surface area contributed by atoms with Crippen molar-refractivity contribution < 1.29 is 9.59 Å². The molecule has 0 radical (unpaired) electrons. The third-order valence-electron chi connectivity index (χ3n) is 4.51. The zero-order chi connectivity index (χ0) is 18.2. The molecule has 2 nitrogen and oxygen atoms in total. The Kier molecular flexibility index (Phi) is 7.12. The number of Topliss-reactive ketones (excluding diaryl/α,β-unsaturated/α-hetero) is 1. The molecule has 2 aromatic rings. The molecular weight excluding hydrogens is 308 g/mol. The second-order valence-corrected chi connectivity index (χ2v) is 7.07. The molecular formula is C23H28O2. The number of carbonyl (C=O) groups is 2. The van der Waals surface area contributed by atoms with Gasteiger partial charge in [-0.1, -0.05) is 88.2 Å². The van der Waals surface area contributed by atoms with E-state index >= 15 is 0 Å². The molecule has 0 saturated heterocycles. The lowest BCUT2D eigenvalue weighted by Gasteiger charge is -2.19. The van der Waals surface area contributed by atoms with Crippen molar-refractivity contribution in [2.24, 2.45) is 11.8 Å². The van der Waals surface area contributed by atoms with Crippen LogP contribution in [-0.4, -0.2) is 11.6 Å². The van der Waals surface area contributed by atoms with E-state index in [4.69, 9.17) is 0 Å². The van der Waals surface area contributed by atoms with Crippen molar-refractivity contribution in [3.63, 3.8) is 0 Å². The minimum Gasteiger partial charge on any atom is -0.294 e. The van der Waals surface area contributed by atoms with Crippen molar-refractivity contribution in [2.45, 2.75) is 46.5 Å². The summed E-state index contributed by atoms with van der Waals surface area (Å²) in [6, 6.07) is 16.4. The Morgan fingerprint density at radius 2 is 1.48 bits per heavy atom. The normalized spacial score (nSPS) is 12.2. The summed E-state index contributed by atoms with van der Waals surface area (Å²) in [5, 5.41) is 0. The summed E-state index contributed by atoms with van der Waals surface area (Å²) in [6.45, 7) is 6.43. The van der Waals surface area contributed by atoms with E-state index in [-0.39, 0.29) is 17.5 Å². The second kappa shape index (κ2) is 9.31. The van der Waals surface area contributed by atoms with Crippen molar-refractivity contribution in [1.82, 2.24) is 0 Å². The van der Waals surface area contributed by atoms with Gasteiger partial charge >= 0.3 is 0 Å². The van der Waals surface area contributed by atoms with Crippen LogP contribution in [0, 0.1) is 11.8 Å². The lowest BCUT2D eigenvalue weighted by molar-refractivity contribution is 0.0887. The highest BCUT2D eigenvalue weighted by Gasteiger charge is 2.25. The SMILES string of the molecule is CCCCC(CC(C)C)C(=O)c1ccccc1C(=O)c1ccccc1. The fourth-order valence-electron chi connectivity index (χ4n) is 3.24. The van der Waals surface area contributed by atoms with E-state index in [1.54, 1.807) is 24.3 Å². The van der Waals surface area contributed by atoms with Crippen LogP contribution in [0.15, 0.2) is 54.6 Å². The number of hydrogen-bond acceptors (Lipinski definition) is 2. The molecule has 0 spiro atoms. The van der Waals surface area contributed by atoms with Crippen LogP contribution >= 0.6 is 0 Å². The van der Waals surface area contributed by atoms with Crippen LogP contribution in [0.4, 0.5) is 0 Å². The zero-order valence-electron chi connectivity index (χ0n) is 15.5. The van der Waals surface area contributed by atoms with Gasteiger partial charge in [0.05, 0.1) is 0 Å². The van der Waals surface area contributed by atoms with Crippen LogP contribution in [-0.2, 0) is 0 Å². The predicted molar refractivity (Wildman–Crippen MR) is 103 cm³/mol. The van der Waals surface area contributed by atoms with Gasteiger partial charge in [0.15, 0.2) is 11.6 Å². The fraction of sp³-hybridized carbons (Fsp3) is 0.391. The molecule has 0 aliphatic heterocycles. The molecule has 132 valence electrons. The number of hydrogen-bond donors (Lipinski definition) is 0. The van der Waals surface area contributed by atoms with Crippen molar-refractivity contribution in [2.75, 3.05) is 0 Å². The maximum atomic E-state index is 13.2. The van der Waals surface area contributed by atoms with Crippen LogP contribution in [0.25, 0.3) is 0 Å². The Bertz CT molecular complexity index is 701. The van der Waals surface area contributed by atoms with E-state index in [9.17, 15) is 9.59 Å². The van der Waals surface area contributed by atoms with Gasteiger partial charge in [-0.25, -0.2) is 0 Å². The smallest absolute Gasteiger partial charge is 0.193 e. The van der Waals surface area contributed by atoms with Gasteiger partial charge in [-0.05, 0) is 18.8 Å². The summed E-state index contributed by atoms with van der Waals surface area (Å²) >= 11 is 0. The van der Waals surface area contributed by atoms with E-state index in [2.05, 4.69) is 20.8 Å². The Morgan fingerprint density at radius 1 is 0.880 bits per heavy atom. The monoisotopic (exact) mass is 336 g/mol. The van der Waals surface area contributed by atoms with Crippen molar-refractivity contribution in [3.8, 4) is 0 Å². The minimum atomic E-state index is -0.0802. The Balaban J connectivity index is 2.34. The van der Waals surface area contributed by atoms with Crippen LogP contribution in [0.1, 0.15) is 72.7 Å². The lowest BCUT2D eigenvalue weighted by atomic mass is 9.83.